The lowest BCUT2D eigenvalue weighted by Crippen LogP contribution is -2.46. The predicted octanol–water partition coefficient (Wildman–Crippen LogP) is 3.10. The summed E-state index contributed by atoms with van der Waals surface area (Å²) in [5.41, 5.74) is 2.24. The lowest BCUT2D eigenvalue weighted by molar-refractivity contribution is 0.0170. The number of halogens is 1. The van der Waals surface area contributed by atoms with Gasteiger partial charge in [-0.1, -0.05) is 29.8 Å². The molecular formula is C23H31ClN4O3. The molecule has 0 aromatic heterocycles. The maximum atomic E-state index is 6.06. The number of ether oxygens (including phenoxy) is 3. The molecule has 0 saturated carbocycles. The molecular weight excluding hydrogens is 416 g/mol. The fraction of sp³-hybridized carbons (Fsp3) is 0.435. The number of nitrogens with zero attached hydrogens (tertiary/aromatic N) is 2. The third kappa shape index (κ3) is 6.50. The number of hydrogen-bond acceptors (Lipinski definition) is 5. The normalized spacial score (nSPS) is 15.9. The molecule has 31 heavy (non-hydrogen) atoms. The van der Waals surface area contributed by atoms with Gasteiger partial charge in [0.15, 0.2) is 5.96 Å². The Labute approximate surface area is 189 Å². The second kappa shape index (κ2) is 11.8. The average Bonchev–Trinajstić information content (AvgIpc) is 2.82. The van der Waals surface area contributed by atoms with Gasteiger partial charge in [0.2, 0.25) is 0 Å². The smallest absolute Gasteiger partial charge is 0.191 e. The molecule has 0 aliphatic carbocycles. The van der Waals surface area contributed by atoms with E-state index in [-0.39, 0.29) is 6.04 Å². The van der Waals surface area contributed by atoms with E-state index in [1.165, 1.54) is 5.56 Å². The van der Waals surface area contributed by atoms with Gasteiger partial charge in [0.25, 0.3) is 0 Å². The highest BCUT2D eigenvalue weighted by molar-refractivity contribution is 6.30. The van der Waals surface area contributed by atoms with E-state index < -0.39 is 0 Å². The summed E-state index contributed by atoms with van der Waals surface area (Å²) >= 11 is 6.06. The van der Waals surface area contributed by atoms with Gasteiger partial charge in [0.1, 0.15) is 11.5 Å². The quantitative estimate of drug-likeness (QED) is 0.480. The summed E-state index contributed by atoms with van der Waals surface area (Å²) in [5.74, 6) is 2.33. The molecule has 1 heterocycles. The topological polar surface area (TPSA) is 67.4 Å². The first-order valence-corrected chi connectivity index (χ1v) is 10.7. The summed E-state index contributed by atoms with van der Waals surface area (Å²) in [7, 11) is 5.09. The van der Waals surface area contributed by atoms with E-state index in [0.717, 1.165) is 49.3 Å². The molecule has 8 heteroatoms. The Kier molecular flexibility index (Phi) is 8.82. The summed E-state index contributed by atoms with van der Waals surface area (Å²) < 4.78 is 16.3. The number of morpholine rings is 1. The van der Waals surface area contributed by atoms with Crippen molar-refractivity contribution in [3.05, 3.63) is 58.6 Å². The molecule has 0 spiro atoms. The first-order valence-electron chi connectivity index (χ1n) is 10.4. The first kappa shape index (κ1) is 23.2. The van der Waals surface area contributed by atoms with Gasteiger partial charge in [-0.05, 0) is 29.8 Å². The SMILES string of the molecule is CN=C(NCc1ccc(Cl)cc1OC)NCC(c1ccc(OC)cc1)N1CCOCC1. The van der Waals surface area contributed by atoms with Crippen molar-refractivity contribution < 1.29 is 14.2 Å². The van der Waals surface area contributed by atoms with Crippen LogP contribution in [0.15, 0.2) is 47.5 Å². The molecule has 1 unspecified atom stereocenters. The van der Waals surface area contributed by atoms with E-state index in [0.29, 0.717) is 18.1 Å². The Morgan fingerprint density at radius 2 is 1.84 bits per heavy atom. The van der Waals surface area contributed by atoms with Crippen LogP contribution in [0, 0.1) is 0 Å². The number of methoxy groups -OCH3 is 2. The van der Waals surface area contributed by atoms with E-state index in [4.69, 9.17) is 25.8 Å². The number of nitrogens with one attached hydrogen (secondary N) is 2. The second-order valence-electron chi connectivity index (χ2n) is 7.20. The van der Waals surface area contributed by atoms with Crippen molar-refractivity contribution in [1.82, 2.24) is 15.5 Å². The first-order chi connectivity index (χ1) is 15.1. The van der Waals surface area contributed by atoms with Crippen LogP contribution in [0.5, 0.6) is 11.5 Å². The van der Waals surface area contributed by atoms with Crippen molar-refractivity contribution in [1.29, 1.82) is 0 Å². The summed E-state index contributed by atoms with van der Waals surface area (Å²) in [6, 6.07) is 14.1. The molecule has 2 N–H and O–H groups in total. The highest BCUT2D eigenvalue weighted by Gasteiger charge is 2.23. The second-order valence-corrected chi connectivity index (χ2v) is 7.64. The van der Waals surface area contributed by atoms with E-state index in [9.17, 15) is 0 Å². The number of aliphatic imine (C=N–C) groups is 1. The van der Waals surface area contributed by atoms with Crippen LogP contribution in [-0.4, -0.2) is 65.0 Å². The standard InChI is InChI=1S/C23H31ClN4O3/c1-25-23(26-15-18-4-7-19(24)14-22(18)30-3)27-16-21(28-10-12-31-13-11-28)17-5-8-20(29-2)9-6-17/h4-9,14,21H,10-13,15-16H2,1-3H3,(H2,25,26,27). The van der Waals surface area contributed by atoms with Crippen molar-refractivity contribution in [2.75, 3.05) is 54.1 Å². The molecule has 2 aromatic rings. The summed E-state index contributed by atoms with van der Waals surface area (Å²) in [6.45, 7) is 4.57. The van der Waals surface area contributed by atoms with Gasteiger partial charge in [0.05, 0.1) is 33.5 Å². The zero-order valence-electron chi connectivity index (χ0n) is 18.4. The zero-order chi connectivity index (χ0) is 22.1. The fourth-order valence-corrected chi connectivity index (χ4v) is 3.79. The van der Waals surface area contributed by atoms with Gasteiger partial charge in [-0.3, -0.25) is 9.89 Å². The molecule has 1 aliphatic heterocycles. The van der Waals surface area contributed by atoms with Crippen molar-refractivity contribution in [3.63, 3.8) is 0 Å². The van der Waals surface area contributed by atoms with Gasteiger partial charge in [-0.2, -0.15) is 0 Å². The molecule has 0 radical (unpaired) electrons. The number of hydrogen-bond donors (Lipinski definition) is 2. The monoisotopic (exact) mass is 446 g/mol. The van der Waals surface area contributed by atoms with Gasteiger partial charge in [-0.15, -0.1) is 0 Å². The fourth-order valence-electron chi connectivity index (χ4n) is 3.63. The van der Waals surface area contributed by atoms with Crippen LogP contribution in [0.3, 0.4) is 0 Å². The Hall–Kier alpha value is -2.48. The van der Waals surface area contributed by atoms with Crippen molar-refractivity contribution >= 4 is 17.6 Å². The number of benzene rings is 2. The molecule has 0 bridgehead atoms. The van der Waals surface area contributed by atoms with E-state index >= 15 is 0 Å². The van der Waals surface area contributed by atoms with Crippen LogP contribution in [-0.2, 0) is 11.3 Å². The summed E-state index contributed by atoms with van der Waals surface area (Å²) in [4.78, 5) is 6.82. The minimum absolute atomic E-state index is 0.193. The molecule has 1 fully saturated rings. The van der Waals surface area contributed by atoms with Crippen LogP contribution in [0.1, 0.15) is 17.2 Å². The van der Waals surface area contributed by atoms with Crippen LogP contribution in [0.4, 0.5) is 0 Å². The van der Waals surface area contributed by atoms with Crippen LogP contribution >= 0.6 is 11.6 Å². The lowest BCUT2D eigenvalue weighted by atomic mass is 10.0. The molecule has 168 valence electrons. The number of rotatable bonds is 8. The van der Waals surface area contributed by atoms with Gasteiger partial charge in [-0.25, -0.2) is 0 Å². The Balaban J connectivity index is 1.65. The van der Waals surface area contributed by atoms with Crippen molar-refractivity contribution in [2.45, 2.75) is 12.6 Å². The van der Waals surface area contributed by atoms with Gasteiger partial charge < -0.3 is 24.8 Å². The maximum Gasteiger partial charge on any atom is 0.191 e. The number of guanidine groups is 1. The third-order valence-electron chi connectivity index (χ3n) is 5.37. The molecule has 7 nitrogen and oxygen atoms in total. The van der Waals surface area contributed by atoms with Crippen LogP contribution in [0.2, 0.25) is 5.02 Å². The van der Waals surface area contributed by atoms with Gasteiger partial charge >= 0.3 is 0 Å². The molecule has 3 rings (SSSR count). The molecule has 1 aliphatic rings. The Morgan fingerprint density at radius 3 is 2.48 bits per heavy atom. The summed E-state index contributed by atoms with van der Waals surface area (Å²) in [6.07, 6.45) is 0. The molecule has 2 aromatic carbocycles. The third-order valence-corrected chi connectivity index (χ3v) is 5.60. The van der Waals surface area contributed by atoms with Crippen molar-refractivity contribution in [2.24, 2.45) is 4.99 Å². The Bertz CT molecular complexity index is 854. The summed E-state index contributed by atoms with van der Waals surface area (Å²) in [5, 5.41) is 7.48. The van der Waals surface area contributed by atoms with E-state index in [1.54, 1.807) is 21.3 Å². The van der Waals surface area contributed by atoms with Gasteiger partial charge in [0, 0.05) is 43.8 Å². The lowest BCUT2D eigenvalue weighted by Gasteiger charge is -2.35. The van der Waals surface area contributed by atoms with E-state index in [1.807, 2.05) is 30.3 Å². The van der Waals surface area contributed by atoms with E-state index in [2.05, 4.69) is 32.7 Å². The highest BCUT2D eigenvalue weighted by atomic mass is 35.5. The minimum Gasteiger partial charge on any atom is -0.497 e. The average molecular weight is 447 g/mol. The zero-order valence-corrected chi connectivity index (χ0v) is 19.1. The van der Waals surface area contributed by atoms with Crippen LogP contribution in [0.25, 0.3) is 0 Å². The molecule has 1 atom stereocenters. The maximum absolute atomic E-state index is 6.06. The minimum atomic E-state index is 0.193. The largest absolute Gasteiger partial charge is 0.497 e. The Morgan fingerprint density at radius 1 is 1.10 bits per heavy atom. The molecule has 1 saturated heterocycles. The molecule has 0 amide bonds. The highest BCUT2D eigenvalue weighted by Crippen LogP contribution is 2.24. The predicted molar refractivity (Wildman–Crippen MR) is 124 cm³/mol. The van der Waals surface area contributed by atoms with Crippen LogP contribution < -0.4 is 20.1 Å². The van der Waals surface area contributed by atoms with Crippen molar-refractivity contribution in [3.8, 4) is 11.5 Å².